The highest BCUT2D eigenvalue weighted by Crippen LogP contribution is 2.32. The van der Waals surface area contributed by atoms with E-state index in [4.69, 9.17) is 0 Å². The first-order valence-electron chi connectivity index (χ1n) is 11.3. The van der Waals surface area contributed by atoms with Gasteiger partial charge in [0.05, 0.1) is 0 Å². The lowest BCUT2D eigenvalue weighted by Gasteiger charge is -2.40. The number of carbonyl (C=O) groups excluding carboxylic acids is 1. The van der Waals surface area contributed by atoms with Gasteiger partial charge in [-0.3, -0.25) is 0 Å². The summed E-state index contributed by atoms with van der Waals surface area (Å²) in [7, 11) is 0. The maximum atomic E-state index is 12.9. The fourth-order valence-electron chi connectivity index (χ4n) is 4.42. The van der Waals surface area contributed by atoms with Gasteiger partial charge in [0, 0.05) is 47.7 Å². The average molecular weight is 438 g/mol. The number of fused-ring (bicyclic) bond motifs is 1. The van der Waals surface area contributed by atoms with E-state index in [-0.39, 0.29) is 12.1 Å². The summed E-state index contributed by atoms with van der Waals surface area (Å²) in [5, 5.41) is 14.4. The number of nitrogens with zero attached hydrogens (tertiary/aromatic N) is 4. The average Bonchev–Trinajstić information content (AvgIpc) is 2.85. The van der Waals surface area contributed by atoms with Crippen LogP contribution in [0.3, 0.4) is 0 Å². The number of aryl methyl sites for hydroxylation is 1. The van der Waals surface area contributed by atoms with Gasteiger partial charge in [-0.15, -0.1) is 10.2 Å². The molecular formula is C27H27N5O. The van der Waals surface area contributed by atoms with Crippen LogP contribution in [0.2, 0.25) is 0 Å². The SMILES string of the molecule is Cc1ccc(NC(=O)N2CCN(c3nnc(-c4ccccc4)c4ccccc34)C[C@@H]2C)cc1. The molecule has 0 aliphatic carbocycles. The Morgan fingerprint density at radius 2 is 1.58 bits per heavy atom. The molecule has 2 heterocycles. The summed E-state index contributed by atoms with van der Waals surface area (Å²) in [4.78, 5) is 17.0. The number of anilines is 2. The van der Waals surface area contributed by atoms with E-state index in [9.17, 15) is 4.79 Å². The number of aromatic nitrogens is 2. The Morgan fingerprint density at radius 1 is 0.879 bits per heavy atom. The van der Waals surface area contributed by atoms with Crippen molar-refractivity contribution in [1.29, 1.82) is 0 Å². The molecule has 2 amide bonds. The monoisotopic (exact) mass is 437 g/mol. The molecule has 1 N–H and O–H groups in total. The van der Waals surface area contributed by atoms with Gasteiger partial charge in [-0.05, 0) is 26.0 Å². The Kier molecular flexibility index (Phi) is 5.65. The molecule has 0 unspecified atom stereocenters. The molecule has 4 aromatic rings. The number of benzene rings is 3. The molecule has 166 valence electrons. The summed E-state index contributed by atoms with van der Waals surface area (Å²) in [5.74, 6) is 0.871. The van der Waals surface area contributed by atoms with E-state index in [1.165, 1.54) is 5.56 Å². The van der Waals surface area contributed by atoms with Crippen LogP contribution in [0.15, 0.2) is 78.9 Å². The number of hydrogen-bond acceptors (Lipinski definition) is 4. The largest absolute Gasteiger partial charge is 0.351 e. The molecule has 0 radical (unpaired) electrons. The standard InChI is InChI=1S/C27H27N5O/c1-19-12-14-22(15-13-19)28-27(33)32-17-16-31(18-20(32)2)26-24-11-7-6-10-23(24)25(29-30-26)21-8-4-3-5-9-21/h3-15,20H,16-18H2,1-2H3,(H,28,33)/t20-/m0/s1. The van der Waals surface area contributed by atoms with Gasteiger partial charge in [0.1, 0.15) is 5.69 Å². The van der Waals surface area contributed by atoms with Crippen LogP contribution in [0.5, 0.6) is 0 Å². The number of nitrogens with one attached hydrogen (secondary N) is 1. The fraction of sp³-hybridized carbons (Fsp3) is 0.222. The first-order valence-corrected chi connectivity index (χ1v) is 11.3. The van der Waals surface area contributed by atoms with E-state index < -0.39 is 0 Å². The highest BCUT2D eigenvalue weighted by Gasteiger charge is 2.29. The van der Waals surface area contributed by atoms with Crippen molar-refractivity contribution in [2.75, 3.05) is 29.9 Å². The molecule has 6 nitrogen and oxygen atoms in total. The van der Waals surface area contributed by atoms with Gasteiger partial charge in [0.15, 0.2) is 5.82 Å². The van der Waals surface area contributed by atoms with Gasteiger partial charge in [-0.1, -0.05) is 72.3 Å². The van der Waals surface area contributed by atoms with Crippen molar-refractivity contribution in [3.8, 4) is 11.3 Å². The van der Waals surface area contributed by atoms with Gasteiger partial charge in [-0.2, -0.15) is 0 Å². The van der Waals surface area contributed by atoms with Crippen molar-refractivity contribution in [1.82, 2.24) is 15.1 Å². The second-order valence-electron chi connectivity index (χ2n) is 8.57. The summed E-state index contributed by atoms with van der Waals surface area (Å²) < 4.78 is 0. The molecule has 1 aliphatic heterocycles. The number of piperazine rings is 1. The molecule has 1 atom stereocenters. The van der Waals surface area contributed by atoms with Gasteiger partial charge in [-0.25, -0.2) is 4.79 Å². The number of rotatable bonds is 3. The third-order valence-corrected chi connectivity index (χ3v) is 6.21. The Labute approximate surface area is 193 Å². The second kappa shape index (κ2) is 8.90. The van der Waals surface area contributed by atoms with Crippen LogP contribution in [0, 0.1) is 6.92 Å². The van der Waals surface area contributed by atoms with Crippen LogP contribution in [-0.2, 0) is 0 Å². The van der Waals surface area contributed by atoms with Crippen LogP contribution < -0.4 is 10.2 Å². The second-order valence-corrected chi connectivity index (χ2v) is 8.57. The topological polar surface area (TPSA) is 61.4 Å². The van der Waals surface area contributed by atoms with Crippen LogP contribution in [0.1, 0.15) is 12.5 Å². The first kappa shape index (κ1) is 20.9. The van der Waals surface area contributed by atoms with Crippen molar-refractivity contribution in [2.24, 2.45) is 0 Å². The minimum Gasteiger partial charge on any atom is -0.351 e. The summed E-state index contributed by atoms with van der Waals surface area (Å²) in [6.45, 7) is 6.13. The lowest BCUT2D eigenvalue weighted by Crippen LogP contribution is -2.55. The van der Waals surface area contributed by atoms with Crippen molar-refractivity contribution < 1.29 is 4.79 Å². The van der Waals surface area contributed by atoms with Crippen molar-refractivity contribution in [2.45, 2.75) is 19.9 Å². The van der Waals surface area contributed by atoms with Crippen LogP contribution >= 0.6 is 0 Å². The third kappa shape index (κ3) is 4.24. The molecule has 0 bridgehead atoms. The predicted molar refractivity (Wildman–Crippen MR) is 134 cm³/mol. The molecular weight excluding hydrogens is 410 g/mol. The molecule has 1 saturated heterocycles. The van der Waals surface area contributed by atoms with Gasteiger partial charge in [0.2, 0.25) is 0 Å². The summed E-state index contributed by atoms with van der Waals surface area (Å²) >= 11 is 0. The fourth-order valence-corrected chi connectivity index (χ4v) is 4.42. The minimum atomic E-state index is -0.0682. The molecule has 6 heteroatoms. The molecule has 0 saturated carbocycles. The van der Waals surface area contributed by atoms with E-state index in [1.54, 1.807) is 0 Å². The summed E-state index contributed by atoms with van der Waals surface area (Å²) in [6.07, 6.45) is 0. The predicted octanol–water partition coefficient (Wildman–Crippen LogP) is 5.35. The van der Waals surface area contributed by atoms with Crippen molar-refractivity contribution >= 4 is 28.3 Å². The molecule has 33 heavy (non-hydrogen) atoms. The zero-order valence-electron chi connectivity index (χ0n) is 18.9. The Hall–Kier alpha value is -3.93. The van der Waals surface area contributed by atoms with Gasteiger partial charge in [0.25, 0.3) is 0 Å². The van der Waals surface area contributed by atoms with Gasteiger partial charge < -0.3 is 15.1 Å². The minimum absolute atomic E-state index is 0.0403. The van der Waals surface area contributed by atoms with E-state index in [2.05, 4.69) is 51.6 Å². The molecule has 1 aliphatic rings. The molecule has 5 rings (SSSR count). The van der Waals surface area contributed by atoms with E-state index in [0.29, 0.717) is 19.6 Å². The number of hydrogen-bond donors (Lipinski definition) is 1. The Balaban J connectivity index is 1.37. The van der Waals surface area contributed by atoms with Crippen LogP contribution in [0.4, 0.5) is 16.3 Å². The third-order valence-electron chi connectivity index (χ3n) is 6.21. The summed E-state index contributed by atoms with van der Waals surface area (Å²) in [6, 6.07) is 26.3. The lowest BCUT2D eigenvalue weighted by atomic mass is 10.0. The maximum Gasteiger partial charge on any atom is 0.322 e. The molecule has 1 fully saturated rings. The van der Waals surface area contributed by atoms with Crippen LogP contribution in [-0.4, -0.2) is 46.8 Å². The smallest absolute Gasteiger partial charge is 0.322 e. The van der Waals surface area contributed by atoms with Gasteiger partial charge >= 0.3 is 6.03 Å². The van der Waals surface area contributed by atoms with Crippen molar-refractivity contribution in [3.05, 3.63) is 84.4 Å². The number of carbonyl (C=O) groups is 1. The maximum absolute atomic E-state index is 12.9. The van der Waals surface area contributed by atoms with Crippen LogP contribution in [0.25, 0.3) is 22.0 Å². The highest BCUT2D eigenvalue weighted by atomic mass is 16.2. The summed E-state index contributed by atoms with van der Waals surface area (Å²) in [5.41, 5.74) is 3.92. The zero-order valence-corrected chi connectivity index (χ0v) is 18.9. The zero-order chi connectivity index (χ0) is 22.8. The Morgan fingerprint density at radius 3 is 2.30 bits per heavy atom. The van der Waals surface area contributed by atoms with E-state index >= 15 is 0 Å². The van der Waals surface area contributed by atoms with E-state index in [0.717, 1.165) is 33.5 Å². The molecule has 1 aromatic heterocycles. The number of amides is 2. The van der Waals surface area contributed by atoms with Crippen molar-refractivity contribution in [3.63, 3.8) is 0 Å². The quantitative estimate of drug-likeness (QED) is 0.469. The molecule has 0 spiro atoms. The highest BCUT2D eigenvalue weighted by molar-refractivity contribution is 6.00. The van der Waals surface area contributed by atoms with E-state index in [1.807, 2.05) is 66.4 Å². The molecule has 3 aromatic carbocycles. The first-order chi connectivity index (χ1) is 16.1. The Bertz CT molecular complexity index is 1270. The number of urea groups is 1. The normalized spacial score (nSPS) is 16.1. The lowest BCUT2D eigenvalue weighted by molar-refractivity contribution is 0.184.